The second-order valence-electron chi connectivity index (χ2n) is 8.31. The molecule has 3 aromatic carbocycles. The Hall–Kier alpha value is -4.23. The van der Waals surface area contributed by atoms with E-state index >= 15 is 0 Å². The predicted octanol–water partition coefficient (Wildman–Crippen LogP) is 4.97. The number of carbonyl (C=O) groups excluding carboxylic acids is 1. The smallest absolute Gasteiger partial charge is 0.261 e. The molecule has 5 aromatic rings. The number of aromatic nitrogens is 4. The first-order chi connectivity index (χ1) is 19.2. The number of amides is 1. The van der Waals surface area contributed by atoms with Gasteiger partial charge in [-0.05, 0) is 54.6 Å². The van der Waals surface area contributed by atoms with Crippen molar-refractivity contribution in [3.8, 4) is 11.5 Å². The minimum absolute atomic E-state index is 0.00518. The van der Waals surface area contributed by atoms with Crippen molar-refractivity contribution in [3.05, 3.63) is 95.0 Å². The zero-order valence-electron chi connectivity index (χ0n) is 20.5. The van der Waals surface area contributed by atoms with Gasteiger partial charge in [-0.25, -0.2) is 23.4 Å². The fourth-order valence-corrected chi connectivity index (χ4v) is 5.18. The van der Waals surface area contributed by atoms with Crippen LogP contribution in [-0.2, 0) is 16.6 Å². The summed E-state index contributed by atoms with van der Waals surface area (Å²) in [6.07, 6.45) is 2.71. The van der Waals surface area contributed by atoms with Gasteiger partial charge in [-0.15, -0.1) is 0 Å². The zero-order chi connectivity index (χ0) is 28.3. The quantitative estimate of drug-likeness (QED) is 0.215. The number of fused-ring (bicyclic) bond motifs is 1. The lowest BCUT2D eigenvalue weighted by Gasteiger charge is -2.14. The second kappa shape index (κ2) is 11.5. The number of hydrogen-bond acceptors (Lipinski definition) is 8. The average Bonchev–Trinajstić information content (AvgIpc) is 3.35. The summed E-state index contributed by atoms with van der Waals surface area (Å²) in [5.41, 5.74) is 0.659. The molecule has 5 rings (SSSR count). The summed E-state index contributed by atoms with van der Waals surface area (Å²) in [6.45, 7) is 0.133. The molecule has 0 spiro atoms. The Morgan fingerprint density at radius 1 is 1.00 bits per heavy atom. The van der Waals surface area contributed by atoms with Crippen LogP contribution in [0.4, 0.5) is 11.5 Å². The zero-order valence-corrected chi connectivity index (χ0v) is 22.8. The lowest BCUT2D eigenvalue weighted by Crippen LogP contribution is -2.19. The maximum atomic E-state index is 13.3. The number of rotatable bonds is 9. The van der Waals surface area contributed by atoms with E-state index in [1.807, 2.05) is 0 Å². The molecule has 0 atom stereocenters. The van der Waals surface area contributed by atoms with Gasteiger partial charge >= 0.3 is 0 Å². The SMILES string of the molecule is O=C(Nc1ncnc2c1ncn2CCO)c1cc(Cl)ccc1NS(=O)(=O)c1ccc(Oc2ccccc2Cl)cc1. The van der Waals surface area contributed by atoms with Crippen LogP contribution in [0.3, 0.4) is 0 Å². The largest absolute Gasteiger partial charge is 0.456 e. The van der Waals surface area contributed by atoms with Crippen LogP contribution >= 0.6 is 23.2 Å². The molecule has 0 saturated carbocycles. The summed E-state index contributed by atoms with van der Waals surface area (Å²) in [5, 5.41) is 12.5. The highest BCUT2D eigenvalue weighted by molar-refractivity contribution is 7.92. The third-order valence-corrected chi connectivity index (χ3v) is 7.57. The molecule has 3 N–H and O–H groups in total. The van der Waals surface area contributed by atoms with Crippen molar-refractivity contribution in [2.75, 3.05) is 16.6 Å². The fraction of sp³-hybridized carbons (Fsp3) is 0.0769. The normalized spacial score (nSPS) is 11.4. The number of hydrogen-bond donors (Lipinski definition) is 3. The van der Waals surface area contributed by atoms with Crippen molar-refractivity contribution in [2.45, 2.75) is 11.4 Å². The molecule has 204 valence electrons. The van der Waals surface area contributed by atoms with Gasteiger partial charge in [0.1, 0.15) is 17.8 Å². The van der Waals surface area contributed by atoms with E-state index in [0.717, 1.165) is 0 Å². The first-order valence-corrected chi connectivity index (χ1v) is 13.9. The monoisotopic (exact) mass is 598 g/mol. The number of anilines is 2. The van der Waals surface area contributed by atoms with Crippen LogP contribution in [0.5, 0.6) is 11.5 Å². The van der Waals surface area contributed by atoms with Crippen molar-refractivity contribution in [3.63, 3.8) is 0 Å². The number of ether oxygens (including phenoxy) is 1. The highest BCUT2D eigenvalue weighted by Gasteiger charge is 2.21. The van der Waals surface area contributed by atoms with Gasteiger partial charge in [0.2, 0.25) is 0 Å². The van der Waals surface area contributed by atoms with Crippen LogP contribution in [0.25, 0.3) is 11.2 Å². The summed E-state index contributed by atoms with van der Waals surface area (Å²) >= 11 is 12.3. The highest BCUT2D eigenvalue weighted by Crippen LogP contribution is 2.30. The van der Waals surface area contributed by atoms with Gasteiger partial charge in [-0.2, -0.15) is 0 Å². The third-order valence-electron chi connectivity index (χ3n) is 5.64. The molecule has 40 heavy (non-hydrogen) atoms. The molecule has 0 unspecified atom stereocenters. The topological polar surface area (TPSA) is 148 Å². The molecule has 14 heteroatoms. The van der Waals surface area contributed by atoms with E-state index < -0.39 is 15.9 Å². The number of sulfonamides is 1. The standard InChI is InChI=1S/C26H20Cl2N6O5S/c27-16-5-10-21(19(13-16)26(36)32-24-23-25(30-14-29-24)34(11-12-35)15-31-23)33-40(37,38)18-8-6-17(7-9-18)39-22-4-2-1-3-20(22)28/h1-10,13-15,33,35H,11-12H2,(H,29,30,32,36). The number of benzene rings is 3. The summed E-state index contributed by atoms with van der Waals surface area (Å²) < 4.78 is 36.2. The molecule has 11 nitrogen and oxygen atoms in total. The van der Waals surface area contributed by atoms with Crippen LogP contribution < -0.4 is 14.8 Å². The molecule has 0 fully saturated rings. The van der Waals surface area contributed by atoms with E-state index in [9.17, 15) is 18.3 Å². The maximum Gasteiger partial charge on any atom is 0.261 e. The van der Waals surface area contributed by atoms with Gasteiger partial charge < -0.3 is 19.7 Å². The molecule has 0 aliphatic carbocycles. The number of halogens is 2. The Kier molecular flexibility index (Phi) is 7.85. The van der Waals surface area contributed by atoms with E-state index in [-0.39, 0.29) is 40.1 Å². The number of aliphatic hydroxyl groups is 1. The summed E-state index contributed by atoms with van der Waals surface area (Å²) in [4.78, 5) is 25.7. The number of aliphatic hydroxyl groups excluding tert-OH is 1. The van der Waals surface area contributed by atoms with Gasteiger partial charge in [0.15, 0.2) is 17.0 Å². The van der Waals surface area contributed by atoms with Crippen molar-refractivity contribution < 1.29 is 23.1 Å². The lowest BCUT2D eigenvalue weighted by atomic mass is 10.1. The van der Waals surface area contributed by atoms with Crippen molar-refractivity contribution >= 4 is 61.8 Å². The van der Waals surface area contributed by atoms with E-state index in [0.29, 0.717) is 27.7 Å². The van der Waals surface area contributed by atoms with Gasteiger partial charge in [-0.3, -0.25) is 9.52 Å². The fourth-order valence-electron chi connectivity index (χ4n) is 3.76. The predicted molar refractivity (Wildman–Crippen MR) is 151 cm³/mol. The average molecular weight is 599 g/mol. The van der Waals surface area contributed by atoms with Gasteiger partial charge in [0.25, 0.3) is 15.9 Å². The van der Waals surface area contributed by atoms with Gasteiger partial charge in [-0.1, -0.05) is 35.3 Å². The van der Waals surface area contributed by atoms with Crippen molar-refractivity contribution in [1.82, 2.24) is 19.5 Å². The highest BCUT2D eigenvalue weighted by atomic mass is 35.5. The molecule has 0 aliphatic rings. The Morgan fingerprint density at radius 2 is 1.77 bits per heavy atom. The number of nitrogens with one attached hydrogen (secondary N) is 2. The van der Waals surface area contributed by atoms with Crippen LogP contribution in [0.15, 0.2) is 84.3 Å². The van der Waals surface area contributed by atoms with Gasteiger partial charge in [0.05, 0.1) is 34.1 Å². The molecule has 2 aromatic heterocycles. The Morgan fingerprint density at radius 3 is 2.52 bits per heavy atom. The van der Waals surface area contributed by atoms with Crippen LogP contribution in [0.2, 0.25) is 10.0 Å². The molecule has 0 aliphatic heterocycles. The summed E-state index contributed by atoms with van der Waals surface area (Å²) in [6, 6.07) is 16.8. The molecule has 2 heterocycles. The molecular weight excluding hydrogens is 579 g/mol. The van der Waals surface area contributed by atoms with E-state index in [1.54, 1.807) is 28.8 Å². The van der Waals surface area contributed by atoms with Crippen molar-refractivity contribution in [1.29, 1.82) is 0 Å². The molecular formula is C26H20Cl2N6O5S. The first-order valence-electron chi connectivity index (χ1n) is 11.7. The molecule has 0 bridgehead atoms. The number of carbonyl (C=O) groups is 1. The van der Waals surface area contributed by atoms with Crippen LogP contribution in [-0.4, -0.2) is 45.6 Å². The first kappa shape index (κ1) is 27.3. The maximum absolute atomic E-state index is 13.3. The van der Waals surface area contributed by atoms with E-state index in [2.05, 4.69) is 25.0 Å². The van der Waals surface area contributed by atoms with Gasteiger partial charge in [0, 0.05) is 11.6 Å². The van der Waals surface area contributed by atoms with E-state index in [1.165, 1.54) is 55.1 Å². The Bertz CT molecular complexity index is 1810. The molecule has 0 saturated heterocycles. The summed E-state index contributed by atoms with van der Waals surface area (Å²) in [7, 11) is -4.11. The minimum atomic E-state index is -4.11. The second-order valence-corrected chi connectivity index (χ2v) is 10.8. The molecule has 1 amide bonds. The number of para-hydroxylation sites is 1. The Labute approximate surface area is 238 Å². The Balaban J connectivity index is 1.38. The summed E-state index contributed by atoms with van der Waals surface area (Å²) in [5.74, 6) is 0.238. The van der Waals surface area contributed by atoms with Crippen LogP contribution in [0.1, 0.15) is 10.4 Å². The van der Waals surface area contributed by atoms with Crippen LogP contribution in [0, 0.1) is 0 Å². The number of imidazole rings is 1. The lowest BCUT2D eigenvalue weighted by molar-refractivity contribution is 0.102. The minimum Gasteiger partial charge on any atom is -0.456 e. The molecule has 0 radical (unpaired) electrons. The van der Waals surface area contributed by atoms with E-state index in [4.69, 9.17) is 27.9 Å². The van der Waals surface area contributed by atoms with Crippen molar-refractivity contribution in [2.24, 2.45) is 0 Å². The number of nitrogens with zero attached hydrogens (tertiary/aromatic N) is 4. The third kappa shape index (κ3) is 5.84.